The van der Waals surface area contributed by atoms with Crippen molar-refractivity contribution in [2.45, 2.75) is 50.9 Å². The van der Waals surface area contributed by atoms with Gasteiger partial charge < -0.3 is 20.5 Å². The van der Waals surface area contributed by atoms with Gasteiger partial charge in [-0.1, -0.05) is 12.8 Å². The van der Waals surface area contributed by atoms with E-state index in [0.29, 0.717) is 13.2 Å². The SMILES string of the molecule is COCCNC(=O)C(C)OC1CCCCC1N. The predicted molar refractivity (Wildman–Crippen MR) is 65.7 cm³/mol. The Morgan fingerprint density at radius 1 is 1.47 bits per heavy atom. The minimum absolute atomic E-state index is 0.0203. The predicted octanol–water partition coefficient (Wildman–Crippen LogP) is 0.424. The molecule has 0 aromatic rings. The van der Waals surface area contributed by atoms with Crippen LogP contribution in [0, 0.1) is 0 Å². The van der Waals surface area contributed by atoms with Gasteiger partial charge in [0.25, 0.3) is 0 Å². The monoisotopic (exact) mass is 244 g/mol. The molecule has 0 radical (unpaired) electrons. The molecule has 5 nitrogen and oxygen atoms in total. The summed E-state index contributed by atoms with van der Waals surface area (Å²) in [5.74, 6) is -0.0974. The first kappa shape index (κ1) is 14.4. The van der Waals surface area contributed by atoms with Gasteiger partial charge in [-0.3, -0.25) is 4.79 Å². The zero-order valence-corrected chi connectivity index (χ0v) is 10.8. The molecule has 17 heavy (non-hydrogen) atoms. The Balaban J connectivity index is 2.26. The highest BCUT2D eigenvalue weighted by Gasteiger charge is 2.26. The van der Waals surface area contributed by atoms with E-state index in [1.54, 1.807) is 14.0 Å². The van der Waals surface area contributed by atoms with Crippen LogP contribution in [0.25, 0.3) is 0 Å². The molecule has 0 bridgehead atoms. The van der Waals surface area contributed by atoms with E-state index in [1.165, 1.54) is 0 Å². The Morgan fingerprint density at radius 3 is 2.82 bits per heavy atom. The molecule has 3 N–H and O–H groups in total. The molecule has 0 heterocycles. The van der Waals surface area contributed by atoms with Crippen LogP contribution in [0.2, 0.25) is 0 Å². The van der Waals surface area contributed by atoms with Crippen molar-refractivity contribution in [3.05, 3.63) is 0 Å². The second-order valence-electron chi connectivity index (χ2n) is 4.55. The summed E-state index contributed by atoms with van der Waals surface area (Å²) in [6, 6.07) is 0.0676. The zero-order valence-electron chi connectivity index (χ0n) is 10.8. The summed E-state index contributed by atoms with van der Waals surface area (Å²) in [6.07, 6.45) is 3.82. The van der Waals surface area contributed by atoms with Crippen molar-refractivity contribution < 1.29 is 14.3 Å². The first-order valence-corrected chi connectivity index (χ1v) is 6.33. The van der Waals surface area contributed by atoms with Crippen LogP contribution >= 0.6 is 0 Å². The molecule has 1 saturated carbocycles. The molecule has 0 aliphatic heterocycles. The fraction of sp³-hybridized carbons (Fsp3) is 0.917. The molecule has 0 spiro atoms. The van der Waals surface area contributed by atoms with Gasteiger partial charge in [0.05, 0.1) is 12.7 Å². The normalized spacial score (nSPS) is 26.5. The summed E-state index contributed by atoms with van der Waals surface area (Å²) in [4.78, 5) is 11.7. The Hall–Kier alpha value is -0.650. The van der Waals surface area contributed by atoms with Gasteiger partial charge in [0.2, 0.25) is 5.91 Å². The first-order valence-electron chi connectivity index (χ1n) is 6.33. The van der Waals surface area contributed by atoms with Crippen LogP contribution in [0.15, 0.2) is 0 Å². The van der Waals surface area contributed by atoms with Crippen LogP contribution in [0.3, 0.4) is 0 Å². The van der Waals surface area contributed by atoms with Gasteiger partial charge in [0, 0.05) is 19.7 Å². The zero-order chi connectivity index (χ0) is 12.7. The molecular formula is C12H24N2O3. The molecule has 100 valence electrons. The van der Waals surface area contributed by atoms with Crippen molar-refractivity contribution in [2.75, 3.05) is 20.3 Å². The van der Waals surface area contributed by atoms with Crippen molar-refractivity contribution in [1.82, 2.24) is 5.32 Å². The Labute approximate surface area is 103 Å². The highest BCUT2D eigenvalue weighted by molar-refractivity contribution is 5.80. The largest absolute Gasteiger partial charge is 0.383 e. The lowest BCUT2D eigenvalue weighted by molar-refractivity contribution is -0.137. The fourth-order valence-electron chi connectivity index (χ4n) is 2.04. The number of rotatable bonds is 6. The van der Waals surface area contributed by atoms with Crippen molar-refractivity contribution >= 4 is 5.91 Å². The number of methoxy groups -OCH3 is 1. The fourth-order valence-corrected chi connectivity index (χ4v) is 2.04. The standard InChI is InChI=1S/C12H24N2O3/c1-9(12(15)14-7-8-16-2)17-11-6-4-3-5-10(11)13/h9-11H,3-8,13H2,1-2H3,(H,14,15). The summed E-state index contributed by atoms with van der Waals surface area (Å²) < 4.78 is 10.6. The van der Waals surface area contributed by atoms with Crippen molar-refractivity contribution in [3.8, 4) is 0 Å². The molecule has 1 amide bonds. The number of nitrogens with two attached hydrogens (primary N) is 1. The lowest BCUT2D eigenvalue weighted by atomic mass is 9.93. The van der Waals surface area contributed by atoms with Gasteiger partial charge >= 0.3 is 0 Å². The highest BCUT2D eigenvalue weighted by Crippen LogP contribution is 2.20. The summed E-state index contributed by atoms with van der Waals surface area (Å²) in [6.45, 7) is 2.80. The molecule has 3 unspecified atom stereocenters. The molecule has 1 aliphatic carbocycles. The number of nitrogens with one attached hydrogen (secondary N) is 1. The average Bonchev–Trinajstić information content (AvgIpc) is 2.32. The van der Waals surface area contributed by atoms with Gasteiger partial charge in [0.1, 0.15) is 6.10 Å². The van der Waals surface area contributed by atoms with Crippen LogP contribution in [0.4, 0.5) is 0 Å². The minimum Gasteiger partial charge on any atom is -0.383 e. The van der Waals surface area contributed by atoms with Crippen molar-refractivity contribution in [1.29, 1.82) is 0 Å². The molecular weight excluding hydrogens is 220 g/mol. The lowest BCUT2D eigenvalue weighted by Crippen LogP contribution is -2.45. The summed E-state index contributed by atoms with van der Waals surface area (Å²) in [5.41, 5.74) is 5.97. The molecule has 3 atom stereocenters. The molecule has 0 aromatic carbocycles. The van der Waals surface area contributed by atoms with E-state index in [1.807, 2.05) is 0 Å². The molecule has 1 fully saturated rings. The molecule has 0 aromatic heterocycles. The Bertz CT molecular complexity index is 236. The van der Waals surface area contributed by atoms with Gasteiger partial charge in [-0.2, -0.15) is 0 Å². The van der Waals surface area contributed by atoms with Crippen LogP contribution in [0.1, 0.15) is 32.6 Å². The third kappa shape index (κ3) is 5.02. The Morgan fingerprint density at radius 2 is 2.18 bits per heavy atom. The van der Waals surface area contributed by atoms with Crippen molar-refractivity contribution in [3.63, 3.8) is 0 Å². The smallest absolute Gasteiger partial charge is 0.248 e. The second-order valence-corrected chi connectivity index (χ2v) is 4.55. The summed E-state index contributed by atoms with van der Waals surface area (Å²) in [5, 5.41) is 2.76. The van der Waals surface area contributed by atoms with Gasteiger partial charge in [0.15, 0.2) is 0 Å². The van der Waals surface area contributed by atoms with Crippen LogP contribution < -0.4 is 11.1 Å². The maximum atomic E-state index is 11.7. The van der Waals surface area contributed by atoms with Crippen molar-refractivity contribution in [2.24, 2.45) is 5.73 Å². The maximum absolute atomic E-state index is 11.7. The average molecular weight is 244 g/mol. The van der Waals surface area contributed by atoms with E-state index in [9.17, 15) is 4.79 Å². The second kappa shape index (κ2) is 7.63. The third-order valence-electron chi connectivity index (χ3n) is 3.11. The number of ether oxygens (including phenoxy) is 2. The number of carbonyl (C=O) groups is 1. The first-order chi connectivity index (χ1) is 8.15. The third-order valence-corrected chi connectivity index (χ3v) is 3.11. The lowest BCUT2D eigenvalue weighted by Gasteiger charge is -2.30. The van der Waals surface area contributed by atoms with E-state index < -0.39 is 6.10 Å². The van der Waals surface area contributed by atoms with E-state index in [0.717, 1.165) is 25.7 Å². The summed E-state index contributed by atoms with van der Waals surface area (Å²) in [7, 11) is 1.60. The Kier molecular flexibility index (Phi) is 6.47. The van der Waals surface area contributed by atoms with E-state index in [4.69, 9.17) is 15.2 Å². The molecule has 5 heteroatoms. The highest BCUT2D eigenvalue weighted by atomic mass is 16.5. The topological polar surface area (TPSA) is 73.6 Å². The quantitative estimate of drug-likeness (QED) is 0.664. The number of carbonyl (C=O) groups excluding carboxylic acids is 1. The van der Waals surface area contributed by atoms with Crippen LogP contribution in [-0.4, -0.2) is 44.4 Å². The number of hydrogen-bond donors (Lipinski definition) is 2. The van der Waals surface area contributed by atoms with Crippen LogP contribution in [-0.2, 0) is 14.3 Å². The molecule has 1 rings (SSSR count). The van der Waals surface area contributed by atoms with Gasteiger partial charge in [-0.25, -0.2) is 0 Å². The number of amides is 1. The van der Waals surface area contributed by atoms with Gasteiger partial charge in [-0.05, 0) is 19.8 Å². The van der Waals surface area contributed by atoms with Crippen LogP contribution in [0.5, 0.6) is 0 Å². The molecule has 1 aliphatic rings. The summed E-state index contributed by atoms with van der Waals surface area (Å²) >= 11 is 0. The van der Waals surface area contributed by atoms with Gasteiger partial charge in [-0.15, -0.1) is 0 Å². The maximum Gasteiger partial charge on any atom is 0.248 e. The van der Waals surface area contributed by atoms with E-state index in [2.05, 4.69) is 5.32 Å². The minimum atomic E-state index is -0.444. The molecule has 0 saturated heterocycles. The van der Waals surface area contributed by atoms with E-state index >= 15 is 0 Å². The van der Waals surface area contributed by atoms with E-state index in [-0.39, 0.29) is 18.1 Å². The number of hydrogen-bond acceptors (Lipinski definition) is 4.